The van der Waals surface area contributed by atoms with Crippen LogP contribution in [-0.2, 0) is 4.74 Å². The summed E-state index contributed by atoms with van der Waals surface area (Å²) in [6, 6.07) is 9.02. The molecule has 4 rings (SSSR count). The molecule has 3 aliphatic rings. The van der Waals surface area contributed by atoms with Crippen molar-refractivity contribution in [2.24, 2.45) is 35.0 Å². The first-order valence-electron chi connectivity index (χ1n) is 12.3. The van der Waals surface area contributed by atoms with Crippen LogP contribution in [0, 0.1) is 35.0 Å². The fourth-order valence-electron chi connectivity index (χ4n) is 6.57. The molecule has 1 N–H and O–H groups in total. The second-order valence-electron chi connectivity index (χ2n) is 11.7. The maximum atomic E-state index is 6.65. The maximum absolute atomic E-state index is 6.65. The lowest BCUT2D eigenvalue weighted by molar-refractivity contribution is -0.162. The van der Waals surface area contributed by atoms with E-state index in [9.17, 15) is 0 Å². The Morgan fingerprint density at radius 1 is 1.00 bits per heavy atom. The number of hydrogen-bond donors (Lipinski definition) is 1. The minimum Gasteiger partial charge on any atom is -0.465 e. The van der Waals surface area contributed by atoms with Gasteiger partial charge in [-0.1, -0.05) is 53.2 Å². The molecule has 3 fully saturated rings. The van der Waals surface area contributed by atoms with Crippen LogP contribution in [-0.4, -0.2) is 19.4 Å². The third-order valence-electron chi connectivity index (χ3n) is 7.92. The minimum atomic E-state index is -0.158. The molecule has 0 saturated heterocycles. The third kappa shape index (κ3) is 4.72. The highest BCUT2D eigenvalue weighted by molar-refractivity contribution is 5.29. The van der Waals surface area contributed by atoms with E-state index in [0.29, 0.717) is 23.5 Å². The van der Waals surface area contributed by atoms with Crippen molar-refractivity contribution in [2.45, 2.75) is 91.6 Å². The Morgan fingerprint density at radius 3 is 2.33 bits per heavy atom. The summed E-state index contributed by atoms with van der Waals surface area (Å²) >= 11 is 0. The van der Waals surface area contributed by atoms with Gasteiger partial charge in [0.1, 0.15) is 5.75 Å². The molecule has 2 bridgehead atoms. The minimum absolute atomic E-state index is 0.158. The van der Waals surface area contributed by atoms with Crippen molar-refractivity contribution in [1.82, 2.24) is 5.32 Å². The van der Waals surface area contributed by atoms with Crippen molar-refractivity contribution in [3.05, 3.63) is 29.8 Å². The van der Waals surface area contributed by atoms with E-state index >= 15 is 0 Å². The number of nitrogens with one attached hydrogen (secondary N) is 1. The zero-order chi connectivity index (χ0) is 21.5. The number of benzene rings is 1. The van der Waals surface area contributed by atoms with Crippen LogP contribution in [0.3, 0.4) is 0 Å². The van der Waals surface area contributed by atoms with E-state index in [-0.39, 0.29) is 6.29 Å². The van der Waals surface area contributed by atoms with Crippen LogP contribution < -0.4 is 10.1 Å². The summed E-state index contributed by atoms with van der Waals surface area (Å²) in [7, 11) is 2.05. The van der Waals surface area contributed by atoms with Gasteiger partial charge in [-0.2, -0.15) is 0 Å². The predicted octanol–water partition coefficient (Wildman–Crippen LogP) is 6.59. The largest absolute Gasteiger partial charge is 0.465 e. The van der Waals surface area contributed by atoms with E-state index in [4.69, 9.17) is 9.47 Å². The van der Waals surface area contributed by atoms with Crippen molar-refractivity contribution >= 4 is 0 Å². The van der Waals surface area contributed by atoms with Crippen molar-refractivity contribution in [3.63, 3.8) is 0 Å². The van der Waals surface area contributed by atoms with E-state index in [0.717, 1.165) is 35.8 Å². The highest BCUT2D eigenvalue weighted by Crippen LogP contribution is 2.59. The zero-order valence-electron chi connectivity index (χ0n) is 20.0. The Labute approximate surface area is 184 Å². The summed E-state index contributed by atoms with van der Waals surface area (Å²) in [4.78, 5) is 0. The van der Waals surface area contributed by atoms with Gasteiger partial charge in [0, 0.05) is 12.0 Å². The molecule has 3 saturated carbocycles. The first-order chi connectivity index (χ1) is 14.2. The molecule has 1 aromatic carbocycles. The number of ether oxygens (including phenoxy) is 2. The monoisotopic (exact) mass is 413 g/mol. The van der Waals surface area contributed by atoms with Crippen LogP contribution in [0.4, 0.5) is 0 Å². The molecule has 3 nitrogen and oxygen atoms in total. The number of hydrogen-bond acceptors (Lipinski definition) is 3. The molecular weight excluding hydrogens is 370 g/mol. The molecule has 3 aliphatic carbocycles. The van der Waals surface area contributed by atoms with Crippen LogP contribution in [0.25, 0.3) is 0 Å². The van der Waals surface area contributed by atoms with Crippen LogP contribution in [0.2, 0.25) is 0 Å². The molecule has 3 heteroatoms. The molecule has 0 heterocycles. The molecule has 0 radical (unpaired) electrons. The molecule has 168 valence electrons. The molecule has 7 unspecified atom stereocenters. The molecule has 0 aliphatic heterocycles. The molecule has 0 aromatic heterocycles. The van der Waals surface area contributed by atoms with Gasteiger partial charge >= 0.3 is 0 Å². The Bertz CT molecular complexity index is 692. The van der Waals surface area contributed by atoms with Crippen LogP contribution in [0.5, 0.6) is 5.75 Å². The number of fused-ring (bicyclic) bond motifs is 5. The average molecular weight is 414 g/mol. The summed E-state index contributed by atoms with van der Waals surface area (Å²) in [6.45, 7) is 11.3. The lowest BCUT2D eigenvalue weighted by Crippen LogP contribution is -2.37. The van der Waals surface area contributed by atoms with E-state index in [2.05, 4.69) is 64.2 Å². The van der Waals surface area contributed by atoms with Crippen molar-refractivity contribution < 1.29 is 9.47 Å². The van der Waals surface area contributed by atoms with Crippen molar-refractivity contribution in [2.75, 3.05) is 7.05 Å². The predicted molar refractivity (Wildman–Crippen MR) is 123 cm³/mol. The summed E-state index contributed by atoms with van der Waals surface area (Å²) in [5.74, 6) is 4.90. The van der Waals surface area contributed by atoms with Crippen LogP contribution in [0.1, 0.15) is 84.7 Å². The second-order valence-corrected chi connectivity index (χ2v) is 11.7. The van der Waals surface area contributed by atoms with E-state index < -0.39 is 0 Å². The zero-order valence-corrected chi connectivity index (χ0v) is 20.0. The van der Waals surface area contributed by atoms with Gasteiger partial charge in [0.25, 0.3) is 0 Å². The second kappa shape index (κ2) is 8.82. The standard InChI is InChI=1S/C27H43NO2/c1-17(2)26(30-25-15-19-14-23(25)22-9-7-8-21(19)22)29-20-12-10-18(11-13-20)24(28-6)16-27(3,4)5/h10-13,17,19,21-26,28H,7-9,14-16H2,1-6H3. The van der Waals surface area contributed by atoms with E-state index in [1.54, 1.807) is 0 Å². The van der Waals surface area contributed by atoms with Gasteiger partial charge in [0.15, 0.2) is 0 Å². The van der Waals surface area contributed by atoms with Gasteiger partial charge in [-0.05, 0) is 85.9 Å². The first kappa shape index (κ1) is 22.1. The number of rotatable bonds is 8. The highest BCUT2D eigenvalue weighted by Gasteiger charge is 2.54. The maximum Gasteiger partial charge on any atom is 0.202 e. The molecular formula is C27H43NO2. The summed E-state index contributed by atoms with van der Waals surface area (Å²) in [6.07, 6.45) is 8.35. The topological polar surface area (TPSA) is 30.5 Å². The SMILES string of the molecule is CNC(CC(C)(C)C)c1ccc(OC(OC2CC3CC2C2CCCC32)C(C)C)cc1. The smallest absolute Gasteiger partial charge is 0.202 e. The molecule has 0 amide bonds. The summed E-state index contributed by atoms with van der Waals surface area (Å²) in [5, 5.41) is 3.47. The Balaban J connectivity index is 1.38. The van der Waals surface area contributed by atoms with Gasteiger partial charge in [0.2, 0.25) is 6.29 Å². The lowest BCUT2D eigenvalue weighted by atomic mass is 9.80. The quantitative estimate of drug-likeness (QED) is 0.488. The lowest BCUT2D eigenvalue weighted by Gasteiger charge is -2.35. The van der Waals surface area contributed by atoms with Gasteiger partial charge in [-0.15, -0.1) is 0 Å². The molecule has 7 atom stereocenters. The summed E-state index contributed by atoms with van der Waals surface area (Å²) < 4.78 is 13.0. The highest BCUT2D eigenvalue weighted by atomic mass is 16.7. The van der Waals surface area contributed by atoms with E-state index in [1.807, 2.05) is 7.05 Å². The Kier molecular flexibility index (Phi) is 6.51. The fourth-order valence-corrected chi connectivity index (χ4v) is 6.57. The Morgan fingerprint density at radius 2 is 1.70 bits per heavy atom. The van der Waals surface area contributed by atoms with Crippen molar-refractivity contribution in [1.29, 1.82) is 0 Å². The van der Waals surface area contributed by atoms with Crippen LogP contribution in [0.15, 0.2) is 24.3 Å². The van der Waals surface area contributed by atoms with Gasteiger partial charge in [0.05, 0.1) is 6.10 Å². The van der Waals surface area contributed by atoms with Gasteiger partial charge in [-0.25, -0.2) is 0 Å². The van der Waals surface area contributed by atoms with Gasteiger partial charge in [-0.3, -0.25) is 0 Å². The third-order valence-corrected chi connectivity index (χ3v) is 7.92. The average Bonchev–Trinajstić information content (AvgIpc) is 3.39. The Hall–Kier alpha value is -1.06. The first-order valence-corrected chi connectivity index (χ1v) is 12.3. The van der Waals surface area contributed by atoms with Crippen molar-refractivity contribution in [3.8, 4) is 5.75 Å². The molecule has 1 aromatic rings. The van der Waals surface area contributed by atoms with Gasteiger partial charge < -0.3 is 14.8 Å². The van der Waals surface area contributed by atoms with E-state index in [1.165, 1.54) is 37.7 Å². The van der Waals surface area contributed by atoms with Crippen LogP contribution >= 0.6 is 0 Å². The fraction of sp³-hybridized carbons (Fsp3) is 0.778. The summed E-state index contributed by atoms with van der Waals surface area (Å²) in [5.41, 5.74) is 1.61. The molecule has 30 heavy (non-hydrogen) atoms. The normalized spacial score (nSPS) is 32.4. The molecule has 0 spiro atoms.